The van der Waals surface area contributed by atoms with Gasteiger partial charge in [0, 0.05) is 10.6 Å². The van der Waals surface area contributed by atoms with Crippen molar-refractivity contribution in [2.24, 2.45) is 5.10 Å². The molecular weight excluding hydrogens is 364 g/mol. The third-order valence-corrected chi connectivity index (χ3v) is 5.12. The normalized spacial score (nSPS) is 18.5. The average molecular weight is 383 g/mol. The molecule has 2 aromatic rings. The summed E-state index contributed by atoms with van der Waals surface area (Å²) in [5, 5.41) is 6.46. The van der Waals surface area contributed by atoms with Gasteiger partial charge in [0.2, 0.25) is 0 Å². The second-order valence-corrected chi connectivity index (χ2v) is 7.18. The summed E-state index contributed by atoms with van der Waals surface area (Å²) < 4.78 is 5.49. The van der Waals surface area contributed by atoms with Gasteiger partial charge in [-0.2, -0.15) is 5.10 Å². The van der Waals surface area contributed by atoms with E-state index in [1.54, 1.807) is 18.2 Å². The third kappa shape index (κ3) is 3.35. The molecule has 1 atom stereocenters. The van der Waals surface area contributed by atoms with Gasteiger partial charge < -0.3 is 4.74 Å². The molecule has 1 amide bonds. The van der Waals surface area contributed by atoms with Gasteiger partial charge in [0.05, 0.1) is 23.4 Å². The first-order chi connectivity index (χ1) is 13.1. The van der Waals surface area contributed by atoms with E-state index in [1.807, 2.05) is 24.3 Å². The van der Waals surface area contributed by atoms with Crippen LogP contribution in [0.25, 0.3) is 0 Å². The summed E-state index contributed by atoms with van der Waals surface area (Å²) in [6.45, 7) is 2.11. The molecule has 2 aromatic carbocycles. The summed E-state index contributed by atoms with van der Waals surface area (Å²) in [6, 6.07) is 12.6. The first kappa shape index (κ1) is 17.7. The predicted octanol–water partition coefficient (Wildman–Crippen LogP) is 4.88. The van der Waals surface area contributed by atoms with Crippen LogP contribution in [0.5, 0.6) is 0 Å². The monoisotopic (exact) mass is 382 g/mol. The molecule has 0 saturated heterocycles. The Bertz CT molecular complexity index is 937. The first-order valence-electron chi connectivity index (χ1n) is 9.08. The lowest BCUT2D eigenvalue weighted by molar-refractivity contribution is -0.116. The van der Waals surface area contributed by atoms with E-state index in [2.05, 4.69) is 12.0 Å². The van der Waals surface area contributed by atoms with E-state index in [0.29, 0.717) is 22.0 Å². The lowest BCUT2D eigenvalue weighted by atomic mass is 10.0. The number of nitrogens with zero attached hydrogens (tertiary/aromatic N) is 2. The Labute approximate surface area is 162 Å². The predicted molar refractivity (Wildman–Crippen MR) is 104 cm³/mol. The highest BCUT2D eigenvalue weighted by atomic mass is 35.5. The van der Waals surface area contributed by atoms with Gasteiger partial charge in [0.15, 0.2) is 0 Å². The molecule has 2 aliphatic heterocycles. The number of esters is 1. The smallest absolute Gasteiger partial charge is 0.339 e. The third-order valence-electron chi connectivity index (χ3n) is 4.87. The molecule has 1 unspecified atom stereocenters. The zero-order valence-corrected chi connectivity index (χ0v) is 15.7. The Morgan fingerprint density at radius 1 is 1.19 bits per heavy atom. The van der Waals surface area contributed by atoms with Crippen LogP contribution in [0.1, 0.15) is 60.2 Å². The quantitative estimate of drug-likeness (QED) is 0.692. The number of hydrazone groups is 1. The van der Waals surface area contributed by atoms with Crippen molar-refractivity contribution >= 4 is 34.9 Å². The lowest BCUT2D eigenvalue weighted by Crippen LogP contribution is -2.19. The van der Waals surface area contributed by atoms with Crippen molar-refractivity contribution in [1.82, 2.24) is 0 Å². The number of halogens is 1. The molecule has 0 bridgehead atoms. The zero-order valence-electron chi connectivity index (χ0n) is 14.9. The average Bonchev–Trinajstić information content (AvgIpc) is 3.20. The molecule has 5 nitrogen and oxygen atoms in total. The summed E-state index contributed by atoms with van der Waals surface area (Å²) in [4.78, 5) is 24.7. The van der Waals surface area contributed by atoms with Crippen LogP contribution in [0.2, 0.25) is 5.02 Å². The molecule has 138 valence electrons. The Balaban J connectivity index is 1.62. The van der Waals surface area contributed by atoms with E-state index < -0.39 is 0 Å². The number of fused-ring (bicyclic) bond motifs is 1. The molecule has 2 aliphatic rings. The number of carbonyl (C=O) groups is 2. The number of benzene rings is 2. The standard InChI is InChI=1S/C21H19ClN2O3/c1-2-3-4-19-16-10-9-15(11-17(16)21(26)27-19)24-20(25)12-18(23-24)13-5-7-14(22)8-6-13/h5-11,19H,2-4,12H2,1H3. The van der Waals surface area contributed by atoms with Crippen LogP contribution in [0.4, 0.5) is 5.69 Å². The molecule has 0 spiro atoms. The van der Waals surface area contributed by atoms with E-state index in [-0.39, 0.29) is 24.4 Å². The van der Waals surface area contributed by atoms with Crippen LogP contribution >= 0.6 is 11.6 Å². The molecule has 6 heteroatoms. The maximum atomic E-state index is 12.5. The van der Waals surface area contributed by atoms with Crippen LogP contribution < -0.4 is 5.01 Å². The van der Waals surface area contributed by atoms with Gasteiger partial charge >= 0.3 is 5.97 Å². The number of ether oxygens (including phenoxy) is 1. The number of rotatable bonds is 5. The number of carbonyl (C=O) groups excluding carboxylic acids is 2. The zero-order chi connectivity index (χ0) is 19.0. The van der Waals surface area contributed by atoms with Crippen molar-refractivity contribution < 1.29 is 14.3 Å². The fourth-order valence-electron chi connectivity index (χ4n) is 3.43. The van der Waals surface area contributed by atoms with Crippen LogP contribution in [0.15, 0.2) is 47.6 Å². The van der Waals surface area contributed by atoms with Crippen molar-refractivity contribution in [3.63, 3.8) is 0 Å². The molecular formula is C21H19ClN2O3. The molecule has 4 rings (SSSR count). The van der Waals surface area contributed by atoms with Gasteiger partial charge in [0.25, 0.3) is 5.91 Å². The molecule has 0 N–H and O–H groups in total. The molecule has 27 heavy (non-hydrogen) atoms. The van der Waals surface area contributed by atoms with E-state index in [4.69, 9.17) is 16.3 Å². The minimum Gasteiger partial charge on any atom is -0.454 e. The van der Waals surface area contributed by atoms with Crippen molar-refractivity contribution in [2.45, 2.75) is 38.7 Å². The minimum atomic E-state index is -0.332. The summed E-state index contributed by atoms with van der Waals surface area (Å²) in [5.41, 5.74) is 3.54. The van der Waals surface area contributed by atoms with Gasteiger partial charge in [-0.05, 0) is 42.7 Å². The number of anilines is 1. The Morgan fingerprint density at radius 2 is 1.96 bits per heavy atom. The Kier molecular flexibility index (Phi) is 4.70. The topological polar surface area (TPSA) is 59.0 Å². The fourth-order valence-corrected chi connectivity index (χ4v) is 3.55. The maximum absolute atomic E-state index is 12.5. The maximum Gasteiger partial charge on any atom is 0.339 e. The van der Waals surface area contributed by atoms with Gasteiger partial charge in [-0.25, -0.2) is 9.80 Å². The number of hydrogen-bond donors (Lipinski definition) is 0. The van der Waals surface area contributed by atoms with Crippen molar-refractivity contribution in [1.29, 1.82) is 0 Å². The number of cyclic esters (lactones) is 1. The Hall–Kier alpha value is -2.66. The molecule has 0 radical (unpaired) electrons. The largest absolute Gasteiger partial charge is 0.454 e. The molecule has 2 heterocycles. The SMILES string of the molecule is CCCCC1OC(=O)c2cc(N3N=C(c4ccc(Cl)cc4)CC3=O)ccc21. The first-order valence-corrected chi connectivity index (χ1v) is 9.46. The van der Waals surface area contributed by atoms with E-state index in [1.165, 1.54) is 5.01 Å². The fraction of sp³-hybridized carbons (Fsp3) is 0.286. The van der Waals surface area contributed by atoms with E-state index >= 15 is 0 Å². The van der Waals surface area contributed by atoms with Crippen LogP contribution in [0, 0.1) is 0 Å². The molecule has 0 fully saturated rings. The van der Waals surface area contributed by atoms with E-state index in [9.17, 15) is 9.59 Å². The Morgan fingerprint density at radius 3 is 2.70 bits per heavy atom. The lowest BCUT2D eigenvalue weighted by Gasteiger charge is -2.13. The summed E-state index contributed by atoms with van der Waals surface area (Å²) in [6.07, 6.45) is 2.88. The van der Waals surface area contributed by atoms with Crippen molar-refractivity contribution in [2.75, 3.05) is 5.01 Å². The number of unbranched alkanes of at least 4 members (excludes halogenated alkanes) is 1. The summed E-state index contributed by atoms with van der Waals surface area (Å²) in [7, 11) is 0. The number of hydrogen-bond acceptors (Lipinski definition) is 4. The summed E-state index contributed by atoms with van der Waals surface area (Å²) >= 11 is 5.92. The molecule has 0 saturated carbocycles. The van der Waals surface area contributed by atoms with Gasteiger partial charge in [-0.1, -0.05) is 43.1 Å². The highest BCUT2D eigenvalue weighted by molar-refractivity contribution is 6.30. The minimum absolute atomic E-state index is 0.131. The molecule has 0 aliphatic carbocycles. The van der Waals surface area contributed by atoms with Crippen LogP contribution in [-0.4, -0.2) is 17.6 Å². The highest BCUT2D eigenvalue weighted by Gasteiger charge is 2.33. The van der Waals surface area contributed by atoms with Crippen LogP contribution in [0.3, 0.4) is 0 Å². The van der Waals surface area contributed by atoms with Gasteiger partial charge in [-0.15, -0.1) is 0 Å². The second kappa shape index (κ2) is 7.16. The van der Waals surface area contributed by atoms with Crippen molar-refractivity contribution in [3.8, 4) is 0 Å². The second-order valence-electron chi connectivity index (χ2n) is 6.74. The summed E-state index contributed by atoms with van der Waals surface area (Å²) in [5.74, 6) is -0.463. The van der Waals surface area contributed by atoms with Crippen molar-refractivity contribution in [3.05, 3.63) is 64.2 Å². The van der Waals surface area contributed by atoms with Crippen LogP contribution in [-0.2, 0) is 9.53 Å². The molecule has 0 aromatic heterocycles. The highest BCUT2D eigenvalue weighted by Crippen LogP contribution is 2.37. The number of amides is 1. The van der Waals surface area contributed by atoms with E-state index in [0.717, 1.165) is 30.4 Å². The van der Waals surface area contributed by atoms with Gasteiger partial charge in [0.1, 0.15) is 6.10 Å². The van der Waals surface area contributed by atoms with Gasteiger partial charge in [-0.3, -0.25) is 4.79 Å².